The molecule has 0 fully saturated rings. The predicted octanol–water partition coefficient (Wildman–Crippen LogP) is 4.88. The van der Waals surface area contributed by atoms with E-state index < -0.39 is 12.1 Å². The molecule has 5 nitrogen and oxygen atoms in total. The van der Waals surface area contributed by atoms with Crippen LogP contribution in [0.4, 0.5) is 0 Å². The number of aliphatic hydroxyl groups is 1. The average molecular weight is 399 g/mol. The van der Waals surface area contributed by atoms with Crippen LogP contribution in [0.5, 0.6) is 5.75 Å². The van der Waals surface area contributed by atoms with Gasteiger partial charge in [-0.05, 0) is 50.8 Å². The zero-order chi connectivity index (χ0) is 20.1. The van der Waals surface area contributed by atoms with E-state index in [0.29, 0.717) is 23.6 Å². The Hall–Kier alpha value is -1.59. The molecule has 0 aromatic heterocycles. The van der Waals surface area contributed by atoms with Crippen molar-refractivity contribution in [1.82, 2.24) is 0 Å². The number of halogens is 1. The van der Waals surface area contributed by atoms with Gasteiger partial charge in [0.15, 0.2) is 0 Å². The highest BCUT2D eigenvalue weighted by molar-refractivity contribution is 6.30. The molecule has 0 amide bonds. The van der Waals surface area contributed by atoms with E-state index in [0.717, 1.165) is 38.5 Å². The molecule has 2 N–H and O–H groups in total. The van der Waals surface area contributed by atoms with Crippen LogP contribution in [0.2, 0.25) is 5.02 Å². The smallest absolute Gasteiger partial charge is 0.303 e. The fraction of sp³-hybridized carbons (Fsp3) is 0.619. The van der Waals surface area contributed by atoms with Crippen molar-refractivity contribution in [1.29, 1.82) is 0 Å². The number of aliphatic carboxylic acids is 1. The quantitative estimate of drug-likeness (QED) is 0.411. The molecule has 0 saturated heterocycles. The number of hydrogen-bond donors (Lipinski definition) is 2. The number of rotatable bonds is 15. The summed E-state index contributed by atoms with van der Waals surface area (Å²) in [4.78, 5) is 22.3. The average Bonchev–Trinajstić information content (AvgIpc) is 2.60. The van der Waals surface area contributed by atoms with Gasteiger partial charge in [-0.1, -0.05) is 43.4 Å². The summed E-state index contributed by atoms with van der Waals surface area (Å²) in [5.74, 6) is 0.0799. The van der Waals surface area contributed by atoms with Crippen molar-refractivity contribution in [3.8, 4) is 5.75 Å². The van der Waals surface area contributed by atoms with Crippen molar-refractivity contribution < 1.29 is 24.5 Å². The highest BCUT2D eigenvalue weighted by atomic mass is 35.5. The number of ether oxygens (including phenoxy) is 1. The first-order chi connectivity index (χ1) is 12.9. The topological polar surface area (TPSA) is 83.8 Å². The molecule has 2 unspecified atom stereocenters. The molecule has 0 aliphatic rings. The van der Waals surface area contributed by atoms with Gasteiger partial charge >= 0.3 is 5.97 Å². The Labute approximate surface area is 166 Å². The highest BCUT2D eigenvalue weighted by Crippen LogP contribution is 2.20. The van der Waals surface area contributed by atoms with Crippen LogP contribution < -0.4 is 4.74 Å². The van der Waals surface area contributed by atoms with Crippen LogP contribution in [0.1, 0.15) is 64.7 Å². The molecule has 0 radical (unpaired) electrons. The van der Waals surface area contributed by atoms with E-state index in [2.05, 4.69) is 0 Å². The lowest BCUT2D eigenvalue weighted by molar-refractivity contribution is -0.137. The molecule has 0 aliphatic heterocycles. The van der Waals surface area contributed by atoms with Gasteiger partial charge in [-0.25, -0.2) is 0 Å². The Bertz CT molecular complexity index is 575. The number of aliphatic hydroxyl groups excluding tert-OH is 1. The molecule has 152 valence electrons. The lowest BCUT2D eigenvalue weighted by atomic mass is 9.91. The summed E-state index contributed by atoms with van der Waals surface area (Å²) in [6, 6.07) is 7.06. The SMILES string of the molecule is CC(=O)C(CCCCCCC(=O)O)CCCC(O)COc1cccc(Cl)c1. The number of Topliss-reactive ketones (excluding diaryl/α,β-unsaturated/α-hetero) is 1. The largest absolute Gasteiger partial charge is 0.491 e. The maximum atomic E-state index is 11.8. The molecule has 0 spiro atoms. The summed E-state index contributed by atoms with van der Waals surface area (Å²) in [6.07, 6.45) is 6.05. The van der Waals surface area contributed by atoms with Gasteiger partial charge in [0.2, 0.25) is 0 Å². The highest BCUT2D eigenvalue weighted by Gasteiger charge is 2.15. The minimum atomic E-state index is -0.755. The Morgan fingerprint density at radius 3 is 2.44 bits per heavy atom. The van der Waals surface area contributed by atoms with Crippen LogP contribution in [0.25, 0.3) is 0 Å². The molecule has 2 atom stereocenters. The van der Waals surface area contributed by atoms with E-state index in [9.17, 15) is 14.7 Å². The number of hydrogen-bond acceptors (Lipinski definition) is 4. The maximum Gasteiger partial charge on any atom is 0.303 e. The summed E-state index contributed by atoms with van der Waals surface area (Å²) >= 11 is 5.89. The van der Waals surface area contributed by atoms with Crippen LogP contribution >= 0.6 is 11.6 Å². The number of ketones is 1. The van der Waals surface area contributed by atoms with Crippen LogP contribution in [0.15, 0.2) is 24.3 Å². The first kappa shape index (κ1) is 23.4. The summed E-state index contributed by atoms with van der Waals surface area (Å²) in [7, 11) is 0. The van der Waals surface area contributed by atoms with Gasteiger partial charge in [0.05, 0.1) is 6.10 Å². The van der Waals surface area contributed by atoms with Gasteiger partial charge in [0, 0.05) is 17.4 Å². The van der Waals surface area contributed by atoms with Crippen molar-refractivity contribution in [2.75, 3.05) is 6.61 Å². The van der Waals surface area contributed by atoms with Gasteiger partial charge in [-0.2, -0.15) is 0 Å². The Morgan fingerprint density at radius 1 is 1.07 bits per heavy atom. The van der Waals surface area contributed by atoms with E-state index >= 15 is 0 Å². The molecular formula is C21H31ClO5. The molecular weight excluding hydrogens is 368 g/mol. The van der Waals surface area contributed by atoms with Crippen LogP contribution in [-0.2, 0) is 9.59 Å². The molecule has 27 heavy (non-hydrogen) atoms. The first-order valence-corrected chi connectivity index (χ1v) is 10.0. The third kappa shape index (κ3) is 11.7. The number of carbonyl (C=O) groups is 2. The summed E-state index contributed by atoms with van der Waals surface area (Å²) in [5, 5.41) is 19.3. The second kappa shape index (κ2) is 13.6. The Morgan fingerprint density at radius 2 is 1.78 bits per heavy atom. The summed E-state index contributed by atoms with van der Waals surface area (Å²) in [6.45, 7) is 1.82. The zero-order valence-electron chi connectivity index (χ0n) is 16.0. The van der Waals surface area contributed by atoms with Crippen molar-refractivity contribution in [3.05, 3.63) is 29.3 Å². The molecule has 0 bridgehead atoms. The van der Waals surface area contributed by atoms with Crippen LogP contribution in [-0.4, -0.2) is 34.7 Å². The standard InChI is InChI=1S/C21H31ClO5/c1-16(23)17(8-4-2-3-5-13-21(25)26)9-6-11-19(24)15-27-20-12-7-10-18(22)14-20/h7,10,12,14,17,19,24H,2-6,8-9,11,13,15H2,1H3,(H,25,26). The third-order valence-corrected chi connectivity index (χ3v) is 4.83. The van der Waals surface area contributed by atoms with Crippen LogP contribution in [0, 0.1) is 5.92 Å². The van der Waals surface area contributed by atoms with E-state index in [1.165, 1.54) is 0 Å². The van der Waals surface area contributed by atoms with Gasteiger partial charge < -0.3 is 14.9 Å². The normalized spacial score (nSPS) is 13.1. The first-order valence-electron chi connectivity index (χ1n) is 9.67. The van der Waals surface area contributed by atoms with Crippen molar-refractivity contribution in [2.45, 2.75) is 70.8 Å². The minimum Gasteiger partial charge on any atom is -0.491 e. The number of carbonyl (C=O) groups excluding carboxylic acids is 1. The number of carboxylic acids is 1. The Kier molecular flexibility index (Phi) is 11.8. The molecule has 1 aromatic carbocycles. The Balaban J connectivity index is 2.17. The van der Waals surface area contributed by atoms with Crippen LogP contribution in [0.3, 0.4) is 0 Å². The maximum absolute atomic E-state index is 11.8. The van der Waals surface area contributed by atoms with Gasteiger partial charge in [0.25, 0.3) is 0 Å². The molecule has 1 aromatic rings. The van der Waals surface area contributed by atoms with Gasteiger partial charge in [0.1, 0.15) is 18.1 Å². The number of unbranched alkanes of at least 4 members (excludes halogenated alkanes) is 3. The van der Waals surface area contributed by atoms with Crippen molar-refractivity contribution in [3.63, 3.8) is 0 Å². The van der Waals surface area contributed by atoms with Crippen molar-refractivity contribution >= 4 is 23.4 Å². The van der Waals surface area contributed by atoms with Gasteiger partial charge in [-0.3, -0.25) is 9.59 Å². The summed E-state index contributed by atoms with van der Waals surface area (Å²) in [5.41, 5.74) is 0. The van der Waals surface area contributed by atoms with Gasteiger partial charge in [-0.15, -0.1) is 0 Å². The third-order valence-electron chi connectivity index (χ3n) is 4.60. The lowest BCUT2D eigenvalue weighted by Crippen LogP contribution is -2.18. The summed E-state index contributed by atoms with van der Waals surface area (Å²) < 4.78 is 5.53. The minimum absolute atomic E-state index is 0.0190. The van der Waals surface area contributed by atoms with E-state index in [4.69, 9.17) is 21.4 Å². The van der Waals surface area contributed by atoms with Crippen molar-refractivity contribution in [2.24, 2.45) is 5.92 Å². The molecule has 0 aliphatic carbocycles. The molecule has 1 rings (SSSR count). The molecule has 6 heteroatoms. The van der Waals surface area contributed by atoms with E-state index in [1.54, 1.807) is 31.2 Å². The molecule has 0 heterocycles. The predicted molar refractivity (Wildman–Crippen MR) is 106 cm³/mol. The molecule has 0 saturated carbocycles. The number of carboxylic acid groups (broad SMARTS) is 1. The van der Waals surface area contributed by atoms with E-state index in [-0.39, 0.29) is 24.7 Å². The second-order valence-corrected chi connectivity index (χ2v) is 7.44. The fourth-order valence-corrected chi connectivity index (χ4v) is 3.18. The van der Waals surface area contributed by atoms with E-state index in [1.807, 2.05) is 0 Å². The lowest BCUT2D eigenvalue weighted by Gasteiger charge is -2.16. The second-order valence-electron chi connectivity index (χ2n) is 7.01. The zero-order valence-corrected chi connectivity index (χ0v) is 16.8. The number of benzene rings is 1. The fourth-order valence-electron chi connectivity index (χ4n) is 3.00. The monoisotopic (exact) mass is 398 g/mol.